The van der Waals surface area contributed by atoms with Crippen molar-refractivity contribution in [2.24, 2.45) is 5.92 Å². The van der Waals surface area contributed by atoms with Gasteiger partial charge in [0.15, 0.2) is 0 Å². The van der Waals surface area contributed by atoms with Gasteiger partial charge in [-0.1, -0.05) is 13.3 Å². The minimum Gasteiger partial charge on any atom is -0.466 e. The second-order valence-electron chi connectivity index (χ2n) is 4.29. The molecule has 3 nitrogen and oxygen atoms in total. The van der Waals surface area contributed by atoms with Crippen LogP contribution in [-0.2, 0) is 9.53 Å². The summed E-state index contributed by atoms with van der Waals surface area (Å²) in [6.07, 6.45) is 5.67. The van der Waals surface area contributed by atoms with Crippen LogP contribution in [0.4, 0.5) is 0 Å². The zero-order valence-corrected chi connectivity index (χ0v) is 9.92. The van der Waals surface area contributed by atoms with Gasteiger partial charge in [0.25, 0.3) is 0 Å². The van der Waals surface area contributed by atoms with Crippen LogP contribution in [0.25, 0.3) is 0 Å². The molecular formula is C12H23NO2. The van der Waals surface area contributed by atoms with Gasteiger partial charge in [-0.2, -0.15) is 0 Å². The minimum atomic E-state index is -0.0879. The largest absolute Gasteiger partial charge is 0.466 e. The van der Waals surface area contributed by atoms with E-state index in [1.807, 2.05) is 6.92 Å². The molecule has 0 aliphatic heterocycles. The molecule has 1 aliphatic rings. The first-order valence-corrected chi connectivity index (χ1v) is 6.15. The maximum Gasteiger partial charge on any atom is 0.307 e. The molecule has 0 spiro atoms. The summed E-state index contributed by atoms with van der Waals surface area (Å²) in [6.45, 7) is 5.35. The molecule has 15 heavy (non-hydrogen) atoms. The van der Waals surface area contributed by atoms with E-state index < -0.39 is 0 Å². The summed E-state index contributed by atoms with van der Waals surface area (Å²) in [5.41, 5.74) is 0. The van der Waals surface area contributed by atoms with Crippen molar-refractivity contribution in [2.75, 3.05) is 13.2 Å². The molecule has 1 fully saturated rings. The van der Waals surface area contributed by atoms with E-state index in [-0.39, 0.29) is 5.97 Å². The lowest BCUT2D eigenvalue weighted by Gasteiger charge is -2.12. The van der Waals surface area contributed by atoms with Gasteiger partial charge in [-0.3, -0.25) is 4.79 Å². The van der Waals surface area contributed by atoms with E-state index in [0.29, 0.717) is 19.1 Å². The van der Waals surface area contributed by atoms with Crippen molar-refractivity contribution in [1.82, 2.24) is 5.32 Å². The highest BCUT2D eigenvalue weighted by molar-refractivity contribution is 5.69. The highest BCUT2D eigenvalue weighted by Crippen LogP contribution is 2.27. The third kappa shape index (κ3) is 4.65. The van der Waals surface area contributed by atoms with Gasteiger partial charge >= 0.3 is 5.97 Å². The quantitative estimate of drug-likeness (QED) is 0.687. The predicted molar refractivity (Wildman–Crippen MR) is 60.7 cm³/mol. The van der Waals surface area contributed by atoms with E-state index >= 15 is 0 Å². The van der Waals surface area contributed by atoms with E-state index in [0.717, 1.165) is 12.5 Å². The third-order valence-electron chi connectivity index (χ3n) is 3.19. The summed E-state index contributed by atoms with van der Waals surface area (Å²) in [5.74, 6) is 0.806. The van der Waals surface area contributed by atoms with E-state index in [4.69, 9.17) is 4.74 Å². The van der Waals surface area contributed by atoms with Crippen molar-refractivity contribution < 1.29 is 9.53 Å². The van der Waals surface area contributed by atoms with Gasteiger partial charge in [0.1, 0.15) is 0 Å². The number of carbonyl (C=O) groups excluding carboxylic acids is 1. The normalized spacial score (nSPS) is 25.5. The molecule has 2 unspecified atom stereocenters. The summed E-state index contributed by atoms with van der Waals surface area (Å²) in [4.78, 5) is 11.1. The van der Waals surface area contributed by atoms with Crippen LogP contribution in [0.15, 0.2) is 0 Å². The van der Waals surface area contributed by atoms with Crippen LogP contribution in [0.2, 0.25) is 0 Å². The van der Waals surface area contributed by atoms with Gasteiger partial charge in [0.2, 0.25) is 0 Å². The summed E-state index contributed by atoms with van der Waals surface area (Å²) < 4.78 is 4.87. The Balaban J connectivity index is 2.03. The molecule has 88 valence electrons. The highest BCUT2D eigenvalue weighted by atomic mass is 16.5. The van der Waals surface area contributed by atoms with Crippen molar-refractivity contribution in [2.45, 2.75) is 52.0 Å². The molecule has 1 rings (SSSR count). The molecule has 0 amide bonds. The molecule has 3 heteroatoms. The molecule has 0 radical (unpaired) electrons. The first-order valence-electron chi connectivity index (χ1n) is 6.15. The zero-order valence-electron chi connectivity index (χ0n) is 9.92. The second-order valence-corrected chi connectivity index (χ2v) is 4.29. The predicted octanol–water partition coefficient (Wildman–Crippen LogP) is 2.11. The minimum absolute atomic E-state index is 0.0879. The first-order chi connectivity index (χ1) is 7.26. The fraction of sp³-hybridized carbons (Fsp3) is 0.917. The smallest absolute Gasteiger partial charge is 0.307 e. The zero-order chi connectivity index (χ0) is 11.1. The topological polar surface area (TPSA) is 38.3 Å². The number of rotatable bonds is 6. The average molecular weight is 213 g/mol. The molecule has 0 saturated heterocycles. The molecule has 1 N–H and O–H groups in total. The van der Waals surface area contributed by atoms with Gasteiger partial charge in [0.05, 0.1) is 13.0 Å². The molecule has 0 bridgehead atoms. The van der Waals surface area contributed by atoms with Crippen molar-refractivity contribution in [1.29, 1.82) is 0 Å². The molecule has 0 heterocycles. The molecule has 1 saturated carbocycles. The lowest BCUT2D eigenvalue weighted by Crippen LogP contribution is -2.29. The molecule has 0 aromatic rings. The van der Waals surface area contributed by atoms with Gasteiger partial charge in [-0.25, -0.2) is 0 Å². The number of hydrogen-bond donors (Lipinski definition) is 1. The monoisotopic (exact) mass is 213 g/mol. The Labute approximate surface area is 92.6 Å². The van der Waals surface area contributed by atoms with Crippen molar-refractivity contribution in [3.63, 3.8) is 0 Å². The number of ether oxygens (including phenoxy) is 1. The Morgan fingerprint density at radius 1 is 1.40 bits per heavy atom. The summed E-state index contributed by atoms with van der Waals surface area (Å²) in [7, 11) is 0. The van der Waals surface area contributed by atoms with Crippen molar-refractivity contribution in [3.8, 4) is 0 Å². The Morgan fingerprint density at radius 3 is 2.80 bits per heavy atom. The summed E-state index contributed by atoms with van der Waals surface area (Å²) in [5, 5.41) is 3.43. The van der Waals surface area contributed by atoms with Gasteiger partial charge in [-0.05, 0) is 32.1 Å². The molecule has 1 aliphatic carbocycles. The number of esters is 1. The number of carbonyl (C=O) groups is 1. The van der Waals surface area contributed by atoms with Crippen molar-refractivity contribution >= 4 is 5.97 Å². The highest BCUT2D eigenvalue weighted by Gasteiger charge is 2.22. The van der Waals surface area contributed by atoms with Gasteiger partial charge < -0.3 is 10.1 Å². The van der Waals surface area contributed by atoms with Crippen molar-refractivity contribution in [3.05, 3.63) is 0 Å². The fourth-order valence-electron chi connectivity index (χ4n) is 2.24. The lowest BCUT2D eigenvalue weighted by molar-refractivity contribution is -0.143. The van der Waals surface area contributed by atoms with E-state index in [2.05, 4.69) is 12.2 Å². The summed E-state index contributed by atoms with van der Waals surface area (Å²) in [6, 6.07) is 0.629. The van der Waals surface area contributed by atoms with Crippen LogP contribution < -0.4 is 5.32 Å². The number of hydrogen-bond acceptors (Lipinski definition) is 3. The van der Waals surface area contributed by atoms with Gasteiger partial charge in [-0.15, -0.1) is 0 Å². The second kappa shape index (κ2) is 6.83. The number of nitrogens with one attached hydrogen (secondary N) is 1. The van der Waals surface area contributed by atoms with Crippen LogP contribution in [0.1, 0.15) is 46.0 Å². The molecule has 0 aromatic carbocycles. The maximum absolute atomic E-state index is 11.1. The Bertz CT molecular complexity index is 194. The molecular weight excluding hydrogens is 190 g/mol. The van der Waals surface area contributed by atoms with E-state index in [9.17, 15) is 4.79 Å². The Hall–Kier alpha value is -0.570. The summed E-state index contributed by atoms with van der Waals surface area (Å²) >= 11 is 0. The third-order valence-corrected chi connectivity index (χ3v) is 3.19. The molecule has 0 aromatic heterocycles. The van der Waals surface area contributed by atoms with Crippen LogP contribution in [0.5, 0.6) is 0 Å². The fourth-order valence-corrected chi connectivity index (χ4v) is 2.24. The van der Waals surface area contributed by atoms with Crippen LogP contribution in [0, 0.1) is 5.92 Å². The lowest BCUT2D eigenvalue weighted by atomic mass is 10.1. The van der Waals surface area contributed by atoms with Crippen LogP contribution >= 0.6 is 0 Å². The van der Waals surface area contributed by atoms with E-state index in [1.165, 1.54) is 25.7 Å². The first kappa shape index (κ1) is 12.5. The maximum atomic E-state index is 11.1. The molecule has 2 atom stereocenters. The Kier molecular flexibility index (Phi) is 5.69. The van der Waals surface area contributed by atoms with Crippen LogP contribution in [-0.4, -0.2) is 25.2 Å². The average Bonchev–Trinajstić information content (AvgIpc) is 2.66. The standard InChI is InChI=1S/C12H23NO2/c1-3-10-5-6-11(9-10)13-8-7-12(14)15-4-2/h10-11,13H,3-9H2,1-2H3. The van der Waals surface area contributed by atoms with E-state index in [1.54, 1.807) is 0 Å². The van der Waals surface area contributed by atoms with Gasteiger partial charge in [0, 0.05) is 12.6 Å². The van der Waals surface area contributed by atoms with Crippen LogP contribution in [0.3, 0.4) is 0 Å². The SMILES string of the molecule is CCOC(=O)CCNC1CCC(CC)C1. The Morgan fingerprint density at radius 2 is 2.20 bits per heavy atom.